The molecule has 1 aliphatic heterocycles. The highest BCUT2D eigenvalue weighted by Crippen LogP contribution is 2.26. The Hall–Kier alpha value is -1.18. The van der Waals surface area contributed by atoms with Crippen molar-refractivity contribution in [3.8, 4) is 0 Å². The summed E-state index contributed by atoms with van der Waals surface area (Å²) in [4.78, 5) is 27.6. The highest BCUT2D eigenvalue weighted by Gasteiger charge is 2.35. The second-order valence-corrected chi connectivity index (χ2v) is 9.31. The molecule has 0 bridgehead atoms. The quantitative estimate of drug-likeness (QED) is 0.581. The van der Waals surface area contributed by atoms with Crippen molar-refractivity contribution in [1.82, 2.24) is 10.2 Å². The van der Waals surface area contributed by atoms with Crippen LogP contribution in [0.5, 0.6) is 0 Å². The molecule has 1 saturated heterocycles. The van der Waals surface area contributed by atoms with Crippen LogP contribution in [0, 0.1) is 17.8 Å². The molecule has 2 rings (SSSR count). The third kappa shape index (κ3) is 7.50. The summed E-state index contributed by atoms with van der Waals surface area (Å²) >= 11 is 0. The zero-order valence-electron chi connectivity index (χ0n) is 19.5. The summed E-state index contributed by atoms with van der Waals surface area (Å²) in [5.74, 6) is 0.493. The van der Waals surface area contributed by atoms with E-state index in [1.807, 2.05) is 25.7 Å². The molecular formula is C23H42N2O5. The summed E-state index contributed by atoms with van der Waals surface area (Å²) in [6.45, 7) is 8.25. The van der Waals surface area contributed by atoms with Gasteiger partial charge in [0.05, 0.1) is 18.8 Å². The van der Waals surface area contributed by atoms with E-state index in [-0.39, 0.29) is 23.8 Å². The fourth-order valence-corrected chi connectivity index (χ4v) is 4.45. The lowest BCUT2D eigenvalue weighted by atomic mass is 9.88. The molecule has 0 aromatic rings. The Balaban J connectivity index is 1.97. The minimum Gasteiger partial charge on any atom is -0.384 e. The van der Waals surface area contributed by atoms with Crippen LogP contribution in [-0.2, 0) is 23.8 Å². The zero-order chi connectivity index (χ0) is 22.1. The fraction of sp³-hybridized carbons (Fsp3) is 0.913. The second kappa shape index (κ2) is 12.6. The van der Waals surface area contributed by atoms with Gasteiger partial charge >= 0.3 is 0 Å². The van der Waals surface area contributed by atoms with Gasteiger partial charge in [-0.15, -0.1) is 0 Å². The second-order valence-electron chi connectivity index (χ2n) is 9.31. The van der Waals surface area contributed by atoms with Gasteiger partial charge in [-0.25, -0.2) is 0 Å². The Kier molecular flexibility index (Phi) is 10.6. The van der Waals surface area contributed by atoms with Gasteiger partial charge in [-0.2, -0.15) is 0 Å². The van der Waals surface area contributed by atoms with E-state index in [9.17, 15) is 9.59 Å². The van der Waals surface area contributed by atoms with Crippen molar-refractivity contribution in [2.75, 3.05) is 40.5 Å². The minimum absolute atomic E-state index is 0.0413. The van der Waals surface area contributed by atoms with E-state index >= 15 is 0 Å². The lowest BCUT2D eigenvalue weighted by Crippen LogP contribution is -2.57. The number of likely N-dealkylation sites (tertiary alicyclic amines) is 1. The molecule has 0 aromatic carbocycles. The molecular weight excluding hydrogens is 384 g/mol. The van der Waals surface area contributed by atoms with Gasteiger partial charge in [-0.1, -0.05) is 13.8 Å². The average molecular weight is 427 g/mol. The Morgan fingerprint density at radius 2 is 1.70 bits per heavy atom. The topological polar surface area (TPSA) is 77.1 Å². The minimum atomic E-state index is -0.656. The summed E-state index contributed by atoms with van der Waals surface area (Å²) in [6.07, 6.45) is 6.28. The highest BCUT2D eigenvalue weighted by atomic mass is 16.5. The summed E-state index contributed by atoms with van der Waals surface area (Å²) in [6, 6.07) is -0.656. The Morgan fingerprint density at radius 3 is 2.30 bits per heavy atom. The van der Waals surface area contributed by atoms with Crippen LogP contribution in [0.3, 0.4) is 0 Å². The van der Waals surface area contributed by atoms with E-state index in [1.54, 1.807) is 14.2 Å². The van der Waals surface area contributed by atoms with Crippen LogP contribution < -0.4 is 5.32 Å². The molecule has 2 fully saturated rings. The maximum Gasteiger partial charge on any atom is 0.247 e. The predicted molar refractivity (Wildman–Crippen MR) is 116 cm³/mol. The number of rotatable bonds is 10. The van der Waals surface area contributed by atoms with Crippen LogP contribution in [0.25, 0.3) is 0 Å². The van der Waals surface area contributed by atoms with Crippen molar-refractivity contribution >= 4 is 11.8 Å². The number of carbonyl (C=O) groups is 2. The Bertz CT molecular complexity index is 532. The van der Waals surface area contributed by atoms with E-state index < -0.39 is 6.04 Å². The van der Waals surface area contributed by atoms with Gasteiger partial charge in [0, 0.05) is 39.8 Å². The molecule has 0 radical (unpaired) electrons. The monoisotopic (exact) mass is 426 g/mol. The first-order chi connectivity index (χ1) is 14.3. The Labute approximate surface area is 182 Å². The lowest BCUT2D eigenvalue weighted by molar-refractivity contribution is -0.143. The first kappa shape index (κ1) is 25.1. The molecule has 2 aliphatic rings. The lowest BCUT2D eigenvalue weighted by Gasteiger charge is -2.37. The molecule has 3 unspecified atom stereocenters. The molecule has 7 heteroatoms. The number of hydrogen-bond donors (Lipinski definition) is 1. The standard InChI is InChI=1S/C23H42N2O5/c1-16(2)22(26)24-21(23(27)25-12-6-7-19(13-25)14-28-4)17(3)30-15-18-8-10-20(29-5)11-9-18/h16-21H,6-15H2,1-5H3,(H,24,26). The molecule has 0 spiro atoms. The molecule has 1 N–H and O–H groups in total. The van der Waals surface area contributed by atoms with Gasteiger partial charge in [0.1, 0.15) is 6.04 Å². The molecule has 1 saturated carbocycles. The van der Waals surface area contributed by atoms with E-state index in [0.29, 0.717) is 37.7 Å². The van der Waals surface area contributed by atoms with Crippen LogP contribution in [0.4, 0.5) is 0 Å². The van der Waals surface area contributed by atoms with Crippen molar-refractivity contribution in [3.63, 3.8) is 0 Å². The molecule has 7 nitrogen and oxygen atoms in total. The van der Waals surface area contributed by atoms with Crippen LogP contribution >= 0.6 is 0 Å². The van der Waals surface area contributed by atoms with Gasteiger partial charge in [0.15, 0.2) is 0 Å². The third-order valence-electron chi connectivity index (χ3n) is 6.51. The molecule has 0 aromatic heterocycles. The molecule has 174 valence electrons. The van der Waals surface area contributed by atoms with E-state index in [0.717, 1.165) is 45.1 Å². The van der Waals surface area contributed by atoms with E-state index in [4.69, 9.17) is 14.2 Å². The number of hydrogen-bond acceptors (Lipinski definition) is 5. The number of amides is 2. The molecule has 1 aliphatic carbocycles. The first-order valence-corrected chi connectivity index (χ1v) is 11.6. The van der Waals surface area contributed by atoms with Crippen molar-refractivity contribution in [2.45, 2.75) is 77.5 Å². The van der Waals surface area contributed by atoms with Crippen LogP contribution in [0.15, 0.2) is 0 Å². The van der Waals surface area contributed by atoms with Crippen molar-refractivity contribution in [2.24, 2.45) is 17.8 Å². The van der Waals surface area contributed by atoms with Crippen LogP contribution in [-0.4, -0.2) is 75.5 Å². The van der Waals surface area contributed by atoms with Gasteiger partial charge in [-0.05, 0) is 57.3 Å². The zero-order valence-corrected chi connectivity index (χ0v) is 19.5. The largest absolute Gasteiger partial charge is 0.384 e. The average Bonchev–Trinajstić information content (AvgIpc) is 2.75. The molecule has 30 heavy (non-hydrogen) atoms. The van der Waals surface area contributed by atoms with E-state index in [1.165, 1.54) is 0 Å². The first-order valence-electron chi connectivity index (χ1n) is 11.6. The SMILES string of the molecule is COCC1CCCN(C(=O)C(NC(=O)C(C)C)C(C)OCC2CCC(OC)CC2)C1. The van der Waals surface area contributed by atoms with Gasteiger partial charge in [-0.3, -0.25) is 9.59 Å². The Morgan fingerprint density at radius 1 is 1.00 bits per heavy atom. The summed E-state index contributed by atoms with van der Waals surface area (Å²) in [5.41, 5.74) is 0. The number of nitrogens with one attached hydrogen (secondary N) is 1. The number of ether oxygens (including phenoxy) is 3. The van der Waals surface area contributed by atoms with Crippen LogP contribution in [0.1, 0.15) is 59.3 Å². The van der Waals surface area contributed by atoms with Crippen molar-refractivity contribution in [1.29, 1.82) is 0 Å². The van der Waals surface area contributed by atoms with Gasteiger partial charge < -0.3 is 24.4 Å². The number of carbonyl (C=O) groups excluding carboxylic acids is 2. The number of nitrogens with zero attached hydrogens (tertiary/aromatic N) is 1. The molecule has 1 heterocycles. The maximum atomic E-state index is 13.4. The van der Waals surface area contributed by atoms with Gasteiger partial charge in [0.2, 0.25) is 11.8 Å². The maximum absolute atomic E-state index is 13.4. The summed E-state index contributed by atoms with van der Waals surface area (Å²) in [7, 11) is 3.47. The molecule has 3 atom stereocenters. The van der Waals surface area contributed by atoms with Crippen molar-refractivity contribution in [3.05, 3.63) is 0 Å². The normalized spacial score (nSPS) is 27.0. The number of piperidine rings is 1. The van der Waals surface area contributed by atoms with Crippen LogP contribution in [0.2, 0.25) is 0 Å². The summed E-state index contributed by atoms with van der Waals surface area (Å²) in [5, 5.41) is 2.96. The van der Waals surface area contributed by atoms with Crippen molar-refractivity contribution < 1.29 is 23.8 Å². The predicted octanol–water partition coefficient (Wildman–Crippen LogP) is 2.62. The summed E-state index contributed by atoms with van der Waals surface area (Å²) < 4.78 is 16.9. The molecule has 2 amide bonds. The number of methoxy groups -OCH3 is 2. The highest BCUT2D eigenvalue weighted by molar-refractivity contribution is 5.88. The smallest absolute Gasteiger partial charge is 0.247 e. The van der Waals surface area contributed by atoms with Gasteiger partial charge in [0.25, 0.3) is 0 Å². The third-order valence-corrected chi connectivity index (χ3v) is 6.51. The van der Waals surface area contributed by atoms with E-state index in [2.05, 4.69) is 5.32 Å². The fourth-order valence-electron chi connectivity index (χ4n) is 4.45.